The Hall–Kier alpha value is -1.05. The van der Waals surface area contributed by atoms with Crippen molar-refractivity contribution in [2.75, 3.05) is 0 Å². The lowest BCUT2D eigenvalue weighted by atomic mass is 10.1. The minimum absolute atomic E-state index is 0.210. The topological polar surface area (TPSA) is 63.2 Å². The molecular weight excluding hydrogens is 343 g/mol. The maximum absolute atomic E-state index is 12.1. The fourth-order valence-electron chi connectivity index (χ4n) is 2.25. The highest BCUT2D eigenvalue weighted by Gasteiger charge is 2.46. The lowest BCUT2D eigenvalue weighted by Gasteiger charge is -2.09. The van der Waals surface area contributed by atoms with Crippen LogP contribution in [0.1, 0.15) is 77.0 Å². The summed E-state index contributed by atoms with van der Waals surface area (Å²) in [5, 5.41) is 0. The molecule has 0 saturated carbocycles. The van der Waals surface area contributed by atoms with E-state index in [2.05, 4.69) is 6.58 Å². The Morgan fingerprint density at radius 1 is 0.875 bits per heavy atom. The number of halogens is 3. The van der Waals surface area contributed by atoms with E-state index in [1.54, 1.807) is 0 Å². The molecule has 0 aliphatic heterocycles. The monoisotopic (exact) mass is 371 g/mol. The van der Waals surface area contributed by atoms with E-state index in [9.17, 15) is 26.4 Å². The third-order valence-electron chi connectivity index (χ3n) is 3.61. The molecule has 0 radical (unpaired) electrons. The molecule has 0 aromatic carbocycles. The Labute approximate surface area is 142 Å². The van der Waals surface area contributed by atoms with Crippen molar-refractivity contribution in [1.29, 1.82) is 0 Å². The van der Waals surface area contributed by atoms with Gasteiger partial charge < -0.3 is 0 Å². The van der Waals surface area contributed by atoms with Gasteiger partial charge in [-0.1, -0.05) is 57.4 Å². The van der Waals surface area contributed by atoms with Crippen LogP contribution in [0.3, 0.4) is 0 Å². The van der Waals surface area contributed by atoms with E-state index in [0.717, 1.165) is 30.4 Å². The molecule has 24 heavy (non-hydrogen) atoms. The number of carbonyl (C=O) groups excluding carboxylic acids is 1. The molecule has 142 valence electrons. The molecule has 0 aromatic heterocycles. The summed E-state index contributed by atoms with van der Waals surface area (Å²) in [4.78, 5) is 11.2. The van der Waals surface area contributed by atoms with Crippen LogP contribution in [-0.2, 0) is 14.8 Å². The first-order valence-electron chi connectivity index (χ1n) is 8.43. The number of allylic oxidation sites excluding steroid dienone is 1. The second-order valence-corrected chi connectivity index (χ2v) is 7.51. The first-order chi connectivity index (χ1) is 11.2. The molecule has 0 bridgehead atoms. The molecule has 0 atom stereocenters. The number of rotatable bonds is 14. The normalized spacial score (nSPS) is 12.1. The van der Waals surface area contributed by atoms with Gasteiger partial charge in [0, 0.05) is 6.42 Å². The number of carbonyl (C=O) groups is 1. The van der Waals surface area contributed by atoms with Crippen LogP contribution in [0.25, 0.3) is 0 Å². The highest BCUT2D eigenvalue weighted by atomic mass is 32.2. The van der Waals surface area contributed by atoms with Gasteiger partial charge in [0.1, 0.15) is 0 Å². The van der Waals surface area contributed by atoms with E-state index < -0.39 is 21.4 Å². The zero-order valence-corrected chi connectivity index (χ0v) is 14.9. The molecule has 1 N–H and O–H groups in total. The summed E-state index contributed by atoms with van der Waals surface area (Å²) in [6, 6.07) is 0. The van der Waals surface area contributed by atoms with Crippen molar-refractivity contribution < 1.29 is 26.4 Å². The summed E-state index contributed by atoms with van der Waals surface area (Å²) in [7, 11) is -5.57. The van der Waals surface area contributed by atoms with Crippen molar-refractivity contribution in [1.82, 2.24) is 4.72 Å². The van der Waals surface area contributed by atoms with Crippen molar-refractivity contribution in [3.8, 4) is 0 Å². The second kappa shape index (κ2) is 12.3. The Bertz CT molecular complexity index is 462. The van der Waals surface area contributed by atoms with Crippen LogP contribution in [0.4, 0.5) is 13.2 Å². The van der Waals surface area contributed by atoms with Crippen LogP contribution in [0, 0.1) is 0 Å². The van der Waals surface area contributed by atoms with Crippen molar-refractivity contribution in [2.24, 2.45) is 0 Å². The summed E-state index contributed by atoms with van der Waals surface area (Å²) < 4.78 is 58.7. The van der Waals surface area contributed by atoms with Gasteiger partial charge >= 0.3 is 15.5 Å². The fraction of sp³-hybridized carbons (Fsp3) is 0.812. The Balaban J connectivity index is 3.51. The van der Waals surface area contributed by atoms with Gasteiger partial charge in [-0.3, -0.25) is 4.79 Å². The molecule has 0 aliphatic rings. The van der Waals surface area contributed by atoms with Gasteiger partial charge in [-0.25, -0.2) is 4.72 Å². The molecule has 0 spiro atoms. The van der Waals surface area contributed by atoms with Gasteiger partial charge in [0.15, 0.2) is 0 Å². The molecule has 0 aliphatic carbocycles. The number of hydrogen-bond acceptors (Lipinski definition) is 3. The third kappa shape index (κ3) is 11.5. The van der Waals surface area contributed by atoms with Crippen molar-refractivity contribution in [2.45, 2.75) is 82.6 Å². The van der Waals surface area contributed by atoms with E-state index in [0.29, 0.717) is 12.8 Å². The fourth-order valence-corrected chi connectivity index (χ4v) is 2.76. The average Bonchev–Trinajstić information content (AvgIpc) is 2.46. The molecule has 0 saturated heterocycles. The standard InChI is InChI=1S/C16H28F3NO3S/c1-2-3-4-5-6-7-8-9-10-11-12-13-14-15(21)20-24(22,23)16(17,18)19/h2H,1,3-14H2,(H,20,21). The van der Waals surface area contributed by atoms with Gasteiger partial charge in [0.05, 0.1) is 0 Å². The quantitative estimate of drug-likeness (QED) is 0.352. The SMILES string of the molecule is C=CCCCCCCCCCCCCC(=O)NS(=O)(=O)C(F)(F)F. The summed E-state index contributed by atoms with van der Waals surface area (Å²) in [5.41, 5.74) is -5.45. The van der Waals surface area contributed by atoms with Gasteiger partial charge in [-0.05, 0) is 19.3 Å². The van der Waals surface area contributed by atoms with E-state index in [4.69, 9.17) is 0 Å². The number of alkyl halides is 3. The molecular formula is C16H28F3NO3S. The highest BCUT2D eigenvalue weighted by molar-refractivity contribution is 7.90. The molecule has 8 heteroatoms. The van der Waals surface area contributed by atoms with Crippen LogP contribution < -0.4 is 4.72 Å². The summed E-state index contributed by atoms with van der Waals surface area (Å²) >= 11 is 0. The van der Waals surface area contributed by atoms with E-state index in [1.807, 2.05) is 6.08 Å². The Morgan fingerprint density at radius 2 is 1.29 bits per heavy atom. The number of unbranched alkanes of at least 4 members (excludes halogenated alkanes) is 10. The van der Waals surface area contributed by atoms with Gasteiger partial charge in [-0.15, -0.1) is 6.58 Å². The first kappa shape index (κ1) is 22.9. The maximum Gasteiger partial charge on any atom is 0.516 e. The van der Waals surface area contributed by atoms with E-state index in [1.165, 1.54) is 32.1 Å². The minimum atomic E-state index is -5.57. The molecule has 0 rings (SSSR count). The summed E-state index contributed by atoms with van der Waals surface area (Å²) in [6.07, 6.45) is 12.9. The van der Waals surface area contributed by atoms with Gasteiger partial charge in [-0.2, -0.15) is 21.6 Å². The minimum Gasteiger partial charge on any atom is -0.274 e. The van der Waals surface area contributed by atoms with Crippen molar-refractivity contribution in [3.05, 3.63) is 12.7 Å². The molecule has 0 fully saturated rings. The van der Waals surface area contributed by atoms with Crippen LogP contribution in [0.2, 0.25) is 0 Å². The lowest BCUT2D eigenvalue weighted by molar-refractivity contribution is -0.120. The Kier molecular flexibility index (Phi) is 11.8. The summed E-state index contributed by atoms with van der Waals surface area (Å²) in [6.45, 7) is 3.68. The summed E-state index contributed by atoms with van der Waals surface area (Å²) in [5.74, 6) is -1.10. The number of hydrogen-bond donors (Lipinski definition) is 1. The lowest BCUT2D eigenvalue weighted by Crippen LogP contribution is -2.40. The van der Waals surface area contributed by atoms with Crippen LogP contribution in [-0.4, -0.2) is 19.8 Å². The smallest absolute Gasteiger partial charge is 0.274 e. The number of sulfonamides is 1. The van der Waals surface area contributed by atoms with Crippen LogP contribution >= 0.6 is 0 Å². The second-order valence-electron chi connectivity index (χ2n) is 5.84. The average molecular weight is 371 g/mol. The van der Waals surface area contributed by atoms with E-state index in [-0.39, 0.29) is 6.42 Å². The zero-order chi connectivity index (χ0) is 18.5. The Morgan fingerprint density at radius 3 is 1.71 bits per heavy atom. The van der Waals surface area contributed by atoms with Crippen molar-refractivity contribution >= 4 is 15.9 Å². The molecule has 0 aromatic rings. The number of amides is 1. The predicted molar refractivity (Wildman–Crippen MR) is 88.7 cm³/mol. The molecule has 1 amide bonds. The van der Waals surface area contributed by atoms with Gasteiger partial charge in [0.25, 0.3) is 0 Å². The molecule has 0 heterocycles. The maximum atomic E-state index is 12.1. The van der Waals surface area contributed by atoms with Crippen LogP contribution in [0.15, 0.2) is 12.7 Å². The largest absolute Gasteiger partial charge is 0.516 e. The zero-order valence-electron chi connectivity index (χ0n) is 14.0. The van der Waals surface area contributed by atoms with E-state index >= 15 is 0 Å². The van der Waals surface area contributed by atoms with Crippen LogP contribution in [0.5, 0.6) is 0 Å². The molecule has 4 nitrogen and oxygen atoms in total. The van der Waals surface area contributed by atoms with Gasteiger partial charge in [0.2, 0.25) is 5.91 Å². The third-order valence-corrected chi connectivity index (χ3v) is 4.72. The highest BCUT2D eigenvalue weighted by Crippen LogP contribution is 2.21. The molecule has 0 unspecified atom stereocenters. The predicted octanol–water partition coefficient (Wildman–Crippen LogP) is 4.82. The van der Waals surface area contributed by atoms with Crippen molar-refractivity contribution in [3.63, 3.8) is 0 Å². The first-order valence-corrected chi connectivity index (χ1v) is 9.92. The number of nitrogens with one attached hydrogen (secondary N) is 1.